The number of hydrogen-bond acceptors (Lipinski definition) is 2. The van der Waals surface area contributed by atoms with Gasteiger partial charge in [0.2, 0.25) is 11.8 Å². The quantitative estimate of drug-likeness (QED) is 0.870. The van der Waals surface area contributed by atoms with Crippen molar-refractivity contribution in [1.29, 1.82) is 0 Å². The van der Waals surface area contributed by atoms with E-state index in [1.54, 1.807) is 0 Å². The summed E-state index contributed by atoms with van der Waals surface area (Å²) in [6, 6.07) is -0.362. The number of likely N-dealkylation sites (tertiary alicyclic amines) is 1. The van der Waals surface area contributed by atoms with Crippen molar-refractivity contribution in [1.82, 2.24) is 10.2 Å². The highest BCUT2D eigenvalue weighted by molar-refractivity contribution is 5.90. The molecule has 0 bridgehead atoms. The predicted octanol–water partition coefficient (Wildman–Crippen LogP) is 3.23. The summed E-state index contributed by atoms with van der Waals surface area (Å²) in [5.41, 5.74) is 0.858. The highest BCUT2D eigenvalue weighted by atomic mass is 16.2. The summed E-state index contributed by atoms with van der Waals surface area (Å²) in [7, 11) is 0. The minimum atomic E-state index is -0.362. The van der Waals surface area contributed by atoms with E-state index < -0.39 is 0 Å². The minimum absolute atomic E-state index is 0.00755. The molecule has 124 valence electrons. The zero-order chi connectivity index (χ0) is 16.3. The number of piperidine rings is 1. The highest BCUT2D eigenvalue weighted by Crippen LogP contribution is 2.36. The Hall–Kier alpha value is -1.32. The van der Waals surface area contributed by atoms with E-state index in [0.29, 0.717) is 6.54 Å². The van der Waals surface area contributed by atoms with Gasteiger partial charge in [0.25, 0.3) is 0 Å². The molecule has 22 heavy (non-hydrogen) atoms. The lowest BCUT2D eigenvalue weighted by Crippen LogP contribution is -2.59. The average molecular weight is 306 g/mol. The topological polar surface area (TPSA) is 49.4 Å². The maximum atomic E-state index is 12.9. The van der Waals surface area contributed by atoms with Crippen molar-refractivity contribution in [3.8, 4) is 0 Å². The molecule has 0 aromatic carbocycles. The Morgan fingerprint density at radius 1 is 1.27 bits per heavy atom. The standard InChI is InChI=1S/C18H30N2O2/c1-13(2)17(22)20-12-8-11-18(3,4)15(20)16(21)19-14-9-6-5-7-10-14/h9,13,15H,5-8,10-12H2,1-4H3,(H,19,21)/t15-/m1/s1. The molecule has 1 atom stereocenters. The van der Waals surface area contributed by atoms with Gasteiger partial charge in [-0.2, -0.15) is 0 Å². The van der Waals surface area contributed by atoms with E-state index in [4.69, 9.17) is 0 Å². The molecule has 1 fully saturated rings. The smallest absolute Gasteiger partial charge is 0.247 e. The fourth-order valence-corrected chi connectivity index (χ4v) is 3.64. The molecular weight excluding hydrogens is 276 g/mol. The Morgan fingerprint density at radius 2 is 2.00 bits per heavy atom. The van der Waals surface area contributed by atoms with Crippen LogP contribution in [0.2, 0.25) is 0 Å². The molecule has 1 aliphatic carbocycles. The third-order valence-electron chi connectivity index (χ3n) is 4.87. The average Bonchev–Trinajstić information content (AvgIpc) is 2.45. The maximum Gasteiger partial charge on any atom is 0.247 e. The Morgan fingerprint density at radius 3 is 2.59 bits per heavy atom. The van der Waals surface area contributed by atoms with Crippen LogP contribution in [0, 0.1) is 11.3 Å². The summed E-state index contributed by atoms with van der Waals surface area (Å²) >= 11 is 0. The molecule has 0 aromatic rings. The van der Waals surface area contributed by atoms with Crippen LogP contribution < -0.4 is 5.32 Å². The van der Waals surface area contributed by atoms with E-state index in [1.165, 1.54) is 6.42 Å². The third-order valence-corrected chi connectivity index (χ3v) is 4.87. The van der Waals surface area contributed by atoms with Crippen LogP contribution in [-0.2, 0) is 9.59 Å². The van der Waals surface area contributed by atoms with E-state index in [-0.39, 0.29) is 29.2 Å². The zero-order valence-corrected chi connectivity index (χ0v) is 14.4. The first kappa shape index (κ1) is 17.0. The molecule has 1 N–H and O–H groups in total. The first-order valence-corrected chi connectivity index (χ1v) is 8.63. The monoisotopic (exact) mass is 306 g/mol. The maximum absolute atomic E-state index is 12.9. The summed E-state index contributed by atoms with van der Waals surface area (Å²) in [5.74, 6) is 0.00972. The Bertz CT molecular complexity index is 466. The van der Waals surface area contributed by atoms with Gasteiger partial charge in [-0.15, -0.1) is 0 Å². The zero-order valence-electron chi connectivity index (χ0n) is 14.4. The molecule has 0 aromatic heterocycles. The fraction of sp³-hybridized carbons (Fsp3) is 0.778. The predicted molar refractivity (Wildman–Crippen MR) is 88.0 cm³/mol. The van der Waals surface area contributed by atoms with Crippen LogP contribution in [-0.4, -0.2) is 29.3 Å². The van der Waals surface area contributed by atoms with Gasteiger partial charge < -0.3 is 10.2 Å². The Kier molecular flexibility index (Phi) is 5.30. The summed E-state index contributed by atoms with van der Waals surface area (Å²) in [4.78, 5) is 27.2. The summed E-state index contributed by atoms with van der Waals surface area (Å²) in [6.07, 6.45) is 8.40. The molecular formula is C18H30N2O2. The van der Waals surface area contributed by atoms with Gasteiger partial charge >= 0.3 is 0 Å². The van der Waals surface area contributed by atoms with Crippen LogP contribution >= 0.6 is 0 Å². The molecule has 1 heterocycles. The SMILES string of the molecule is CC(C)C(=O)N1CCCC(C)(C)[C@H]1C(=O)NC1=CCCCC1. The largest absolute Gasteiger partial charge is 0.330 e. The number of nitrogens with one attached hydrogen (secondary N) is 1. The van der Waals surface area contributed by atoms with Gasteiger partial charge in [-0.05, 0) is 43.9 Å². The Labute approximate surface area is 134 Å². The second-order valence-electron chi connectivity index (χ2n) is 7.65. The number of carbonyl (C=O) groups is 2. The third kappa shape index (κ3) is 3.71. The summed E-state index contributed by atoms with van der Waals surface area (Å²) in [6.45, 7) is 8.71. The Balaban J connectivity index is 2.18. The lowest BCUT2D eigenvalue weighted by Gasteiger charge is -2.46. The van der Waals surface area contributed by atoms with Crippen molar-refractivity contribution in [2.45, 2.75) is 72.3 Å². The number of rotatable bonds is 3. The van der Waals surface area contributed by atoms with Gasteiger partial charge in [-0.3, -0.25) is 9.59 Å². The van der Waals surface area contributed by atoms with Crippen molar-refractivity contribution in [3.63, 3.8) is 0 Å². The number of nitrogens with zero attached hydrogens (tertiary/aromatic N) is 1. The molecule has 2 rings (SSSR count). The van der Waals surface area contributed by atoms with Gasteiger partial charge in [0.05, 0.1) is 0 Å². The van der Waals surface area contributed by atoms with Gasteiger partial charge in [-0.25, -0.2) is 0 Å². The second-order valence-corrected chi connectivity index (χ2v) is 7.65. The number of hydrogen-bond donors (Lipinski definition) is 1. The van der Waals surface area contributed by atoms with Gasteiger partial charge in [0.1, 0.15) is 6.04 Å². The van der Waals surface area contributed by atoms with Gasteiger partial charge in [0.15, 0.2) is 0 Å². The molecule has 0 saturated carbocycles. The van der Waals surface area contributed by atoms with E-state index >= 15 is 0 Å². The van der Waals surface area contributed by atoms with Crippen molar-refractivity contribution >= 4 is 11.8 Å². The highest BCUT2D eigenvalue weighted by Gasteiger charge is 2.44. The molecule has 4 heteroatoms. The normalized spacial score (nSPS) is 24.9. The molecule has 2 aliphatic rings. The first-order valence-electron chi connectivity index (χ1n) is 8.63. The van der Waals surface area contributed by atoms with E-state index in [2.05, 4.69) is 25.2 Å². The van der Waals surface area contributed by atoms with Crippen molar-refractivity contribution in [2.75, 3.05) is 6.54 Å². The van der Waals surface area contributed by atoms with Crippen LogP contribution in [0.3, 0.4) is 0 Å². The first-order chi connectivity index (χ1) is 10.3. The van der Waals surface area contributed by atoms with Crippen molar-refractivity contribution in [3.05, 3.63) is 11.8 Å². The van der Waals surface area contributed by atoms with E-state index in [1.807, 2.05) is 18.7 Å². The van der Waals surface area contributed by atoms with E-state index in [9.17, 15) is 9.59 Å². The van der Waals surface area contributed by atoms with Crippen LogP contribution in [0.1, 0.15) is 66.2 Å². The number of amides is 2. The van der Waals surface area contributed by atoms with Crippen LogP contribution in [0.4, 0.5) is 0 Å². The lowest BCUT2D eigenvalue weighted by atomic mass is 9.75. The van der Waals surface area contributed by atoms with Gasteiger partial charge in [-0.1, -0.05) is 33.8 Å². The van der Waals surface area contributed by atoms with Crippen molar-refractivity contribution < 1.29 is 9.59 Å². The fourth-order valence-electron chi connectivity index (χ4n) is 3.64. The molecule has 0 unspecified atom stereocenters. The summed E-state index contributed by atoms with van der Waals surface area (Å²) < 4.78 is 0. The number of allylic oxidation sites excluding steroid dienone is 2. The van der Waals surface area contributed by atoms with Crippen LogP contribution in [0.5, 0.6) is 0 Å². The lowest BCUT2D eigenvalue weighted by molar-refractivity contribution is -0.150. The molecule has 1 saturated heterocycles. The molecule has 0 spiro atoms. The van der Waals surface area contributed by atoms with Gasteiger partial charge in [0, 0.05) is 18.2 Å². The minimum Gasteiger partial charge on any atom is -0.330 e. The molecule has 2 amide bonds. The summed E-state index contributed by atoms with van der Waals surface area (Å²) in [5, 5.41) is 3.10. The second kappa shape index (κ2) is 6.84. The number of carbonyl (C=O) groups excluding carboxylic acids is 2. The van der Waals surface area contributed by atoms with Crippen LogP contribution in [0.25, 0.3) is 0 Å². The van der Waals surface area contributed by atoms with E-state index in [0.717, 1.165) is 37.8 Å². The molecule has 0 radical (unpaired) electrons. The molecule has 1 aliphatic heterocycles. The van der Waals surface area contributed by atoms with Crippen LogP contribution in [0.15, 0.2) is 11.8 Å². The van der Waals surface area contributed by atoms with Crippen molar-refractivity contribution in [2.24, 2.45) is 11.3 Å². The molecule has 4 nitrogen and oxygen atoms in total.